The van der Waals surface area contributed by atoms with Gasteiger partial charge in [-0.3, -0.25) is 9.80 Å². The summed E-state index contributed by atoms with van der Waals surface area (Å²) >= 11 is 0. The minimum Gasteiger partial charge on any atom is -0.507 e. The van der Waals surface area contributed by atoms with Gasteiger partial charge in [-0.05, 0) is 37.4 Å². The first-order chi connectivity index (χ1) is 12.7. The van der Waals surface area contributed by atoms with Crippen LogP contribution in [0.4, 0.5) is 0 Å². The summed E-state index contributed by atoms with van der Waals surface area (Å²) in [6.07, 6.45) is 3.66. The van der Waals surface area contributed by atoms with E-state index in [4.69, 9.17) is 4.74 Å². The maximum absolute atomic E-state index is 10.4. The first-order valence-electron chi connectivity index (χ1n) is 9.61. The van der Waals surface area contributed by atoms with Crippen molar-refractivity contribution >= 4 is 0 Å². The van der Waals surface area contributed by atoms with Gasteiger partial charge in [0.25, 0.3) is 0 Å². The third-order valence-corrected chi connectivity index (χ3v) is 5.89. The number of methoxy groups -OCH3 is 1. The van der Waals surface area contributed by atoms with Crippen LogP contribution < -0.4 is 4.74 Å². The largest absolute Gasteiger partial charge is 0.507 e. The fourth-order valence-electron chi connectivity index (χ4n) is 4.44. The molecule has 138 valence electrons. The molecule has 4 nitrogen and oxygen atoms in total. The molecule has 0 spiro atoms. The lowest BCUT2D eigenvalue weighted by molar-refractivity contribution is 0.0451. The SMILES string of the molecule is COc1ccc(CN2C[C@@H]3CCCN3C[C@@H]2Cc2ccccc2)c(O)c1. The molecule has 2 heterocycles. The lowest BCUT2D eigenvalue weighted by Crippen LogP contribution is -2.56. The number of aromatic hydroxyl groups is 1. The van der Waals surface area contributed by atoms with Crippen molar-refractivity contribution in [3.63, 3.8) is 0 Å². The van der Waals surface area contributed by atoms with Gasteiger partial charge in [0, 0.05) is 43.3 Å². The van der Waals surface area contributed by atoms with E-state index in [0.717, 1.165) is 31.6 Å². The maximum atomic E-state index is 10.4. The van der Waals surface area contributed by atoms with Crippen molar-refractivity contribution in [2.45, 2.75) is 37.9 Å². The molecule has 2 atom stereocenters. The first-order valence-corrected chi connectivity index (χ1v) is 9.61. The van der Waals surface area contributed by atoms with Gasteiger partial charge >= 0.3 is 0 Å². The molecule has 0 saturated carbocycles. The van der Waals surface area contributed by atoms with E-state index in [0.29, 0.717) is 23.6 Å². The van der Waals surface area contributed by atoms with E-state index < -0.39 is 0 Å². The second kappa shape index (κ2) is 7.68. The van der Waals surface area contributed by atoms with Gasteiger partial charge in [0.15, 0.2) is 0 Å². The number of benzene rings is 2. The topological polar surface area (TPSA) is 35.9 Å². The molecule has 2 aromatic carbocycles. The Morgan fingerprint density at radius 2 is 1.96 bits per heavy atom. The summed E-state index contributed by atoms with van der Waals surface area (Å²) in [5.74, 6) is 1.03. The normalized spacial score (nSPS) is 23.7. The molecule has 2 saturated heterocycles. The Labute approximate surface area is 156 Å². The molecule has 2 fully saturated rings. The molecule has 4 rings (SSSR count). The Morgan fingerprint density at radius 3 is 2.73 bits per heavy atom. The van der Waals surface area contributed by atoms with E-state index in [1.165, 1.54) is 24.9 Å². The summed E-state index contributed by atoms with van der Waals surface area (Å²) in [7, 11) is 1.63. The number of fused-ring (bicyclic) bond motifs is 1. The molecule has 2 aliphatic rings. The Morgan fingerprint density at radius 1 is 1.12 bits per heavy atom. The van der Waals surface area contributed by atoms with Gasteiger partial charge in [-0.1, -0.05) is 36.4 Å². The van der Waals surface area contributed by atoms with Gasteiger partial charge < -0.3 is 9.84 Å². The van der Waals surface area contributed by atoms with E-state index in [1.54, 1.807) is 13.2 Å². The fraction of sp³-hybridized carbons (Fsp3) is 0.455. The van der Waals surface area contributed by atoms with Crippen LogP contribution in [-0.2, 0) is 13.0 Å². The summed E-state index contributed by atoms with van der Waals surface area (Å²) in [5.41, 5.74) is 2.37. The Bertz CT molecular complexity index is 734. The van der Waals surface area contributed by atoms with Crippen molar-refractivity contribution in [3.05, 3.63) is 59.7 Å². The number of nitrogens with zero attached hydrogens (tertiary/aromatic N) is 2. The van der Waals surface area contributed by atoms with Gasteiger partial charge in [0.1, 0.15) is 11.5 Å². The highest BCUT2D eigenvalue weighted by molar-refractivity contribution is 5.39. The van der Waals surface area contributed by atoms with Crippen LogP contribution in [0.15, 0.2) is 48.5 Å². The lowest BCUT2D eigenvalue weighted by Gasteiger charge is -2.44. The second-order valence-electron chi connectivity index (χ2n) is 7.56. The predicted octanol–water partition coefficient (Wildman–Crippen LogP) is 3.29. The third-order valence-electron chi connectivity index (χ3n) is 5.89. The maximum Gasteiger partial charge on any atom is 0.123 e. The van der Waals surface area contributed by atoms with Gasteiger partial charge in [0.2, 0.25) is 0 Å². The molecule has 0 aromatic heterocycles. The number of phenols is 1. The van der Waals surface area contributed by atoms with E-state index in [9.17, 15) is 5.11 Å². The highest BCUT2D eigenvalue weighted by Gasteiger charge is 2.36. The van der Waals surface area contributed by atoms with Crippen molar-refractivity contribution in [1.29, 1.82) is 0 Å². The van der Waals surface area contributed by atoms with Crippen molar-refractivity contribution < 1.29 is 9.84 Å². The molecule has 4 heteroatoms. The molecular weight excluding hydrogens is 324 g/mol. The first kappa shape index (κ1) is 17.4. The fourth-order valence-corrected chi connectivity index (χ4v) is 4.44. The standard InChI is InChI=1S/C22H28N2O2/c1-26-21-10-9-18(22(25)13-21)14-24-15-19-8-5-11-23(19)16-20(24)12-17-6-3-2-4-7-17/h2-4,6-7,9-10,13,19-20,25H,5,8,11-12,14-16H2,1H3/t19-,20-/m0/s1. The number of ether oxygens (including phenoxy) is 1. The van der Waals surface area contributed by atoms with Gasteiger partial charge in [0.05, 0.1) is 7.11 Å². The van der Waals surface area contributed by atoms with Crippen LogP contribution in [0.3, 0.4) is 0 Å². The molecule has 26 heavy (non-hydrogen) atoms. The van der Waals surface area contributed by atoms with Crippen LogP contribution >= 0.6 is 0 Å². The second-order valence-corrected chi connectivity index (χ2v) is 7.56. The number of rotatable bonds is 5. The molecule has 0 radical (unpaired) electrons. The summed E-state index contributed by atoms with van der Waals surface area (Å²) in [5, 5.41) is 10.4. The molecule has 0 unspecified atom stereocenters. The average Bonchev–Trinajstić information content (AvgIpc) is 3.11. The zero-order chi connectivity index (χ0) is 17.9. The van der Waals surface area contributed by atoms with Crippen LogP contribution in [0.2, 0.25) is 0 Å². The number of piperazine rings is 1. The molecular formula is C22H28N2O2. The monoisotopic (exact) mass is 352 g/mol. The summed E-state index contributed by atoms with van der Waals surface area (Å²) in [4.78, 5) is 5.24. The molecule has 2 aliphatic heterocycles. The summed E-state index contributed by atoms with van der Waals surface area (Å²) < 4.78 is 5.22. The Balaban J connectivity index is 1.54. The zero-order valence-corrected chi connectivity index (χ0v) is 15.5. The summed E-state index contributed by atoms with van der Waals surface area (Å²) in [6, 6.07) is 17.6. The molecule has 2 aromatic rings. The van der Waals surface area contributed by atoms with E-state index >= 15 is 0 Å². The van der Waals surface area contributed by atoms with Crippen LogP contribution in [0.5, 0.6) is 11.5 Å². The number of hydrogen-bond donors (Lipinski definition) is 1. The molecule has 0 aliphatic carbocycles. The van der Waals surface area contributed by atoms with E-state index in [-0.39, 0.29) is 0 Å². The average molecular weight is 352 g/mol. The molecule has 0 amide bonds. The molecule has 1 N–H and O–H groups in total. The van der Waals surface area contributed by atoms with Crippen LogP contribution in [0.1, 0.15) is 24.0 Å². The van der Waals surface area contributed by atoms with Crippen molar-refractivity contribution in [2.24, 2.45) is 0 Å². The minimum absolute atomic E-state index is 0.330. The number of hydrogen-bond acceptors (Lipinski definition) is 4. The number of phenolic OH excluding ortho intramolecular Hbond substituents is 1. The lowest BCUT2D eigenvalue weighted by atomic mass is 9.99. The highest BCUT2D eigenvalue weighted by Crippen LogP contribution is 2.30. The highest BCUT2D eigenvalue weighted by atomic mass is 16.5. The summed E-state index contributed by atoms with van der Waals surface area (Å²) in [6.45, 7) is 4.23. The zero-order valence-electron chi connectivity index (χ0n) is 15.5. The minimum atomic E-state index is 0.330. The van der Waals surface area contributed by atoms with Crippen LogP contribution in [-0.4, -0.2) is 53.7 Å². The van der Waals surface area contributed by atoms with Gasteiger partial charge in [-0.25, -0.2) is 0 Å². The van der Waals surface area contributed by atoms with Crippen molar-refractivity contribution in [1.82, 2.24) is 9.80 Å². The van der Waals surface area contributed by atoms with Crippen LogP contribution in [0.25, 0.3) is 0 Å². The smallest absolute Gasteiger partial charge is 0.123 e. The van der Waals surface area contributed by atoms with E-state index in [1.807, 2.05) is 12.1 Å². The van der Waals surface area contributed by atoms with Crippen molar-refractivity contribution in [3.8, 4) is 11.5 Å². The van der Waals surface area contributed by atoms with Crippen LogP contribution in [0, 0.1) is 0 Å². The predicted molar refractivity (Wildman–Crippen MR) is 104 cm³/mol. The Hall–Kier alpha value is -2.04. The van der Waals surface area contributed by atoms with Gasteiger partial charge in [-0.15, -0.1) is 0 Å². The van der Waals surface area contributed by atoms with Crippen molar-refractivity contribution in [2.75, 3.05) is 26.7 Å². The third kappa shape index (κ3) is 3.71. The van der Waals surface area contributed by atoms with Gasteiger partial charge in [-0.2, -0.15) is 0 Å². The Kier molecular flexibility index (Phi) is 5.14. The quantitative estimate of drug-likeness (QED) is 0.896. The van der Waals surface area contributed by atoms with E-state index in [2.05, 4.69) is 40.1 Å². The molecule has 0 bridgehead atoms.